The number of hydrogen-bond acceptors (Lipinski definition) is 4. The fourth-order valence-electron chi connectivity index (χ4n) is 2.89. The summed E-state index contributed by atoms with van der Waals surface area (Å²) in [5.41, 5.74) is 3.04. The number of hydrogen-bond donors (Lipinski definition) is 2. The maximum absolute atomic E-state index is 12.2. The molecule has 3 rings (SSSR count). The number of ether oxygens (including phenoxy) is 1. The van der Waals surface area contributed by atoms with Crippen LogP contribution in [0.2, 0.25) is 0 Å². The third-order valence-corrected chi connectivity index (χ3v) is 4.17. The van der Waals surface area contributed by atoms with Crippen molar-refractivity contribution in [1.82, 2.24) is 15.3 Å². The Morgan fingerprint density at radius 3 is 2.79 bits per heavy atom. The molecular formula is C19H21N3O2. The molecule has 2 atom stereocenters. The lowest BCUT2D eigenvalue weighted by molar-refractivity contribution is -0.143. The van der Waals surface area contributed by atoms with Gasteiger partial charge in [0.1, 0.15) is 6.04 Å². The van der Waals surface area contributed by atoms with E-state index in [1.165, 1.54) is 7.11 Å². The van der Waals surface area contributed by atoms with Gasteiger partial charge in [0, 0.05) is 35.8 Å². The molecule has 2 heterocycles. The van der Waals surface area contributed by atoms with Crippen molar-refractivity contribution in [2.75, 3.05) is 7.11 Å². The highest BCUT2D eigenvalue weighted by molar-refractivity contribution is 5.84. The number of benzene rings is 1. The molecule has 5 heteroatoms. The quantitative estimate of drug-likeness (QED) is 0.684. The fraction of sp³-hybridized carbons (Fsp3) is 0.263. The number of nitrogens with one attached hydrogen (secondary N) is 2. The molecule has 2 N–H and O–H groups in total. The molecule has 1 aromatic carbocycles. The van der Waals surface area contributed by atoms with Gasteiger partial charge in [-0.25, -0.2) is 0 Å². The van der Waals surface area contributed by atoms with Crippen LogP contribution in [-0.4, -0.2) is 29.1 Å². The minimum atomic E-state index is -0.439. The maximum Gasteiger partial charge on any atom is 0.323 e. The number of nitrogens with zero attached hydrogens (tertiary/aromatic N) is 1. The van der Waals surface area contributed by atoms with Crippen LogP contribution < -0.4 is 5.32 Å². The highest BCUT2D eigenvalue weighted by Gasteiger charge is 2.23. The predicted molar refractivity (Wildman–Crippen MR) is 93.6 cm³/mol. The Kier molecular flexibility index (Phi) is 4.91. The van der Waals surface area contributed by atoms with Gasteiger partial charge in [0.15, 0.2) is 0 Å². The Hall–Kier alpha value is -2.66. The maximum atomic E-state index is 12.2. The Morgan fingerprint density at radius 2 is 2.04 bits per heavy atom. The van der Waals surface area contributed by atoms with Gasteiger partial charge in [0.05, 0.1) is 12.8 Å². The van der Waals surface area contributed by atoms with Crippen LogP contribution in [0.25, 0.3) is 10.9 Å². The Labute approximate surface area is 141 Å². The molecular weight excluding hydrogens is 302 g/mol. The third-order valence-electron chi connectivity index (χ3n) is 4.17. The van der Waals surface area contributed by atoms with Crippen molar-refractivity contribution in [3.63, 3.8) is 0 Å². The summed E-state index contributed by atoms with van der Waals surface area (Å²) in [6.07, 6.45) is 4.25. The highest BCUT2D eigenvalue weighted by Crippen LogP contribution is 2.20. The molecule has 0 unspecified atom stereocenters. The molecule has 24 heavy (non-hydrogen) atoms. The van der Waals surface area contributed by atoms with Crippen LogP contribution >= 0.6 is 0 Å². The summed E-state index contributed by atoms with van der Waals surface area (Å²) in [6.45, 7) is 1.99. The number of carbonyl (C=O) groups excluding carboxylic acids is 1. The second-order valence-corrected chi connectivity index (χ2v) is 5.78. The number of H-pyrrole nitrogens is 1. The van der Waals surface area contributed by atoms with Crippen LogP contribution in [0.5, 0.6) is 0 Å². The van der Waals surface area contributed by atoms with Crippen molar-refractivity contribution in [2.45, 2.75) is 25.4 Å². The number of rotatable bonds is 6. The van der Waals surface area contributed by atoms with Crippen molar-refractivity contribution in [3.8, 4) is 0 Å². The number of esters is 1. The van der Waals surface area contributed by atoms with E-state index in [-0.39, 0.29) is 12.0 Å². The SMILES string of the molecule is COC(=O)[C@H](Cc1c[nH]c2ccccc12)N[C@H](C)c1ccccn1. The van der Waals surface area contributed by atoms with Crippen molar-refractivity contribution >= 4 is 16.9 Å². The molecule has 0 saturated carbocycles. The van der Waals surface area contributed by atoms with E-state index in [1.54, 1.807) is 6.20 Å². The van der Waals surface area contributed by atoms with Crippen LogP contribution in [0, 0.1) is 0 Å². The van der Waals surface area contributed by atoms with Crippen LogP contribution in [-0.2, 0) is 16.0 Å². The first kappa shape index (κ1) is 16.2. The largest absolute Gasteiger partial charge is 0.468 e. The van der Waals surface area contributed by atoms with E-state index in [1.807, 2.05) is 49.5 Å². The van der Waals surface area contributed by atoms with Crippen LogP contribution in [0.3, 0.4) is 0 Å². The zero-order valence-corrected chi connectivity index (χ0v) is 13.8. The van der Waals surface area contributed by atoms with E-state index < -0.39 is 6.04 Å². The predicted octanol–water partition coefficient (Wildman–Crippen LogP) is 3.00. The van der Waals surface area contributed by atoms with Crippen LogP contribution in [0.1, 0.15) is 24.2 Å². The zero-order valence-electron chi connectivity index (χ0n) is 13.8. The molecule has 0 aliphatic heterocycles. The summed E-state index contributed by atoms with van der Waals surface area (Å²) >= 11 is 0. The van der Waals surface area contributed by atoms with Gasteiger partial charge in [-0.15, -0.1) is 0 Å². The fourth-order valence-corrected chi connectivity index (χ4v) is 2.89. The first-order valence-electron chi connectivity index (χ1n) is 7.99. The molecule has 0 fully saturated rings. The van der Waals surface area contributed by atoms with Crippen molar-refractivity contribution in [2.24, 2.45) is 0 Å². The van der Waals surface area contributed by atoms with Crippen molar-refractivity contribution in [3.05, 3.63) is 66.1 Å². The minimum Gasteiger partial charge on any atom is -0.468 e. The molecule has 0 saturated heterocycles. The third kappa shape index (κ3) is 3.46. The van der Waals surface area contributed by atoms with Gasteiger partial charge in [0.25, 0.3) is 0 Å². The van der Waals surface area contributed by atoms with Gasteiger partial charge in [-0.2, -0.15) is 0 Å². The first-order chi connectivity index (χ1) is 11.7. The van der Waals surface area contributed by atoms with Crippen LogP contribution in [0.4, 0.5) is 0 Å². The summed E-state index contributed by atoms with van der Waals surface area (Å²) in [5.74, 6) is -0.275. The second kappa shape index (κ2) is 7.27. The average molecular weight is 323 g/mol. The summed E-state index contributed by atoms with van der Waals surface area (Å²) < 4.78 is 4.98. The normalized spacial score (nSPS) is 13.6. The number of fused-ring (bicyclic) bond motifs is 1. The van der Waals surface area contributed by atoms with Gasteiger partial charge in [-0.3, -0.25) is 15.1 Å². The van der Waals surface area contributed by atoms with Gasteiger partial charge >= 0.3 is 5.97 Å². The molecule has 0 aliphatic rings. The van der Waals surface area contributed by atoms with E-state index in [4.69, 9.17) is 4.74 Å². The Morgan fingerprint density at radius 1 is 1.25 bits per heavy atom. The molecule has 0 bridgehead atoms. The number of pyridine rings is 1. The average Bonchev–Trinajstić information content (AvgIpc) is 3.04. The van der Waals surface area contributed by atoms with E-state index >= 15 is 0 Å². The molecule has 2 aromatic heterocycles. The molecule has 0 spiro atoms. The smallest absolute Gasteiger partial charge is 0.323 e. The van der Waals surface area contributed by atoms with Gasteiger partial charge in [-0.1, -0.05) is 24.3 Å². The standard InChI is InChI=1S/C19H21N3O2/c1-13(16-8-5-6-10-20-16)22-18(19(23)24-2)11-14-12-21-17-9-4-3-7-15(14)17/h3-10,12-13,18,21-22H,11H2,1-2H3/t13-,18+/m1/s1. The summed E-state index contributed by atoms with van der Waals surface area (Å²) in [6, 6.07) is 13.3. The molecule has 3 aromatic rings. The van der Waals surface area contributed by atoms with Crippen molar-refractivity contribution < 1.29 is 9.53 Å². The van der Waals surface area contributed by atoms with E-state index in [0.717, 1.165) is 22.2 Å². The monoisotopic (exact) mass is 323 g/mol. The summed E-state index contributed by atoms with van der Waals surface area (Å²) in [4.78, 5) is 19.8. The van der Waals surface area contributed by atoms with E-state index in [9.17, 15) is 4.79 Å². The number of methoxy groups -OCH3 is 1. The molecule has 0 radical (unpaired) electrons. The van der Waals surface area contributed by atoms with Crippen molar-refractivity contribution in [1.29, 1.82) is 0 Å². The lowest BCUT2D eigenvalue weighted by Gasteiger charge is -2.21. The second-order valence-electron chi connectivity index (χ2n) is 5.78. The highest BCUT2D eigenvalue weighted by atomic mass is 16.5. The van der Waals surface area contributed by atoms with Gasteiger partial charge < -0.3 is 9.72 Å². The molecule has 124 valence electrons. The molecule has 5 nitrogen and oxygen atoms in total. The number of para-hydroxylation sites is 1. The number of carbonyl (C=O) groups is 1. The topological polar surface area (TPSA) is 67.0 Å². The Bertz CT molecular complexity index is 814. The molecule has 0 amide bonds. The van der Waals surface area contributed by atoms with Crippen LogP contribution in [0.15, 0.2) is 54.9 Å². The van der Waals surface area contributed by atoms with Gasteiger partial charge in [-0.05, 0) is 30.7 Å². The van der Waals surface area contributed by atoms with E-state index in [2.05, 4.69) is 21.4 Å². The lowest BCUT2D eigenvalue weighted by Crippen LogP contribution is -2.41. The summed E-state index contributed by atoms with van der Waals surface area (Å²) in [7, 11) is 1.41. The summed E-state index contributed by atoms with van der Waals surface area (Å²) in [5, 5.41) is 4.46. The first-order valence-corrected chi connectivity index (χ1v) is 7.99. The number of aromatic amines is 1. The molecule has 0 aliphatic carbocycles. The zero-order chi connectivity index (χ0) is 16.9. The lowest BCUT2D eigenvalue weighted by atomic mass is 10.0. The van der Waals surface area contributed by atoms with Gasteiger partial charge in [0.2, 0.25) is 0 Å². The number of aromatic nitrogens is 2. The van der Waals surface area contributed by atoms with E-state index in [0.29, 0.717) is 6.42 Å². The minimum absolute atomic E-state index is 0.0551. The Balaban J connectivity index is 1.80.